The average Bonchev–Trinajstić information content (AvgIpc) is 2.82. The highest BCUT2D eigenvalue weighted by molar-refractivity contribution is 5.76. The van der Waals surface area contributed by atoms with Gasteiger partial charge in [-0.1, -0.05) is 30.3 Å². The Kier molecular flexibility index (Phi) is 11.0. The summed E-state index contributed by atoms with van der Waals surface area (Å²) in [5, 5.41) is 10.5. The number of ether oxygens (including phenoxy) is 5. The van der Waals surface area contributed by atoms with Gasteiger partial charge in [0.2, 0.25) is 5.91 Å². The van der Waals surface area contributed by atoms with E-state index in [2.05, 4.69) is 0 Å². The monoisotopic (exact) mass is 447 g/mol. The van der Waals surface area contributed by atoms with Crippen molar-refractivity contribution in [2.24, 2.45) is 0 Å². The summed E-state index contributed by atoms with van der Waals surface area (Å²) in [5.41, 5.74) is 1.80. The second kappa shape index (κ2) is 13.7. The molecule has 0 heterocycles. The summed E-state index contributed by atoms with van der Waals surface area (Å²) in [6.45, 7) is 0.800. The molecule has 0 bridgehead atoms. The van der Waals surface area contributed by atoms with Gasteiger partial charge in [0, 0.05) is 38.9 Å². The third kappa shape index (κ3) is 8.12. The Morgan fingerprint density at radius 1 is 1.00 bits per heavy atom. The van der Waals surface area contributed by atoms with Crippen molar-refractivity contribution in [3.05, 3.63) is 59.7 Å². The topological polar surface area (TPSA) is 86.7 Å². The van der Waals surface area contributed by atoms with Crippen LogP contribution in [0.3, 0.4) is 0 Å². The van der Waals surface area contributed by atoms with Crippen LogP contribution in [0.15, 0.2) is 48.5 Å². The van der Waals surface area contributed by atoms with Crippen LogP contribution in [-0.4, -0.2) is 69.9 Å². The number of aliphatic hydroxyl groups is 1. The second-order valence-electron chi connectivity index (χ2n) is 7.21. The third-order valence-electron chi connectivity index (χ3n) is 4.93. The molecule has 1 N–H and O–H groups in total. The molecular formula is C24H33NO7. The van der Waals surface area contributed by atoms with E-state index in [4.69, 9.17) is 23.7 Å². The summed E-state index contributed by atoms with van der Waals surface area (Å²) in [4.78, 5) is 14.5. The Labute approximate surface area is 189 Å². The Morgan fingerprint density at radius 2 is 1.72 bits per heavy atom. The van der Waals surface area contributed by atoms with Gasteiger partial charge in [0.15, 0.2) is 6.29 Å². The van der Waals surface area contributed by atoms with Crippen LogP contribution >= 0.6 is 0 Å². The van der Waals surface area contributed by atoms with E-state index in [1.54, 1.807) is 31.3 Å². The maximum absolute atomic E-state index is 13.0. The number of hydrogen-bond donors (Lipinski definition) is 1. The van der Waals surface area contributed by atoms with Gasteiger partial charge in [0.1, 0.15) is 11.5 Å². The minimum Gasteiger partial charge on any atom is -0.497 e. The van der Waals surface area contributed by atoms with Gasteiger partial charge in [-0.05, 0) is 17.7 Å². The minimum absolute atomic E-state index is 0.0169. The number of carbonyl (C=O) groups is 1. The summed E-state index contributed by atoms with van der Waals surface area (Å²) < 4.78 is 26.7. The molecule has 8 nitrogen and oxygen atoms in total. The van der Waals surface area contributed by atoms with Crippen LogP contribution in [0.4, 0.5) is 0 Å². The molecular weight excluding hydrogens is 414 g/mol. The molecule has 0 aliphatic carbocycles. The van der Waals surface area contributed by atoms with E-state index in [1.165, 1.54) is 14.2 Å². The molecule has 0 fully saturated rings. The number of hydrogen-bond acceptors (Lipinski definition) is 7. The maximum atomic E-state index is 13.0. The Morgan fingerprint density at radius 3 is 2.34 bits per heavy atom. The number of benzene rings is 2. The zero-order valence-corrected chi connectivity index (χ0v) is 19.2. The molecule has 0 saturated heterocycles. The number of aliphatic hydroxyl groups excluding tert-OH is 1. The Balaban J connectivity index is 2.07. The smallest absolute Gasteiger partial charge is 0.228 e. The van der Waals surface area contributed by atoms with E-state index in [-0.39, 0.29) is 32.0 Å². The van der Waals surface area contributed by atoms with Crippen molar-refractivity contribution >= 4 is 5.91 Å². The normalized spacial score (nSPS) is 11.9. The first-order valence-corrected chi connectivity index (χ1v) is 10.3. The van der Waals surface area contributed by atoms with Crippen molar-refractivity contribution in [1.29, 1.82) is 0 Å². The number of methoxy groups -OCH3 is 4. The summed E-state index contributed by atoms with van der Waals surface area (Å²) >= 11 is 0. The minimum atomic E-state index is -0.865. The molecule has 2 aromatic rings. The van der Waals surface area contributed by atoms with Gasteiger partial charge in [-0.25, -0.2) is 0 Å². The predicted molar refractivity (Wildman–Crippen MR) is 119 cm³/mol. The number of rotatable bonds is 14. The lowest BCUT2D eigenvalue weighted by molar-refractivity contribution is -0.150. The number of amides is 1. The first kappa shape index (κ1) is 25.6. The van der Waals surface area contributed by atoms with Crippen LogP contribution < -0.4 is 9.47 Å². The first-order chi connectivity index (χ1) is 15.5. The van der Waals surface area contributed by atoms with E-state index in [1.807, 2.05) is 36.4 Å². The zero-order valence-electron chi connectivity index (χ0n) is 19.2. The lowest BCUT2D eigenvalue weighted by Gasteiger charge is -2.27. The molecule has 0 radical (unpaired) electrons. The van der Waals surface area contributed by atoms with E-state index in [0.29, 0.717) is 18.1 Å². The molecule has 1 amide bonds. The fourth-order valence-corrected chi connectivity index (χ4v) is 3.17. The third-order valence-corrected chi connectivity index (χ3v) is 4.93. The van der Waals surface area contributed by atoms with Crippen molar-refractivity contribution in [1.82, 2.24) is 4.90 Å². The second-order valence-corrected chi connectivity index (χ2v) is 7.21. The SMILES string of the molecule is COc1ccc(CN(C[C@H](O)COCc2ccccc2)C(=O)CC(OC)OC)c(OC)c1. The van der Waals surface area contributed by atoms with E-state index >= 15 is 0 Å². The van der Waals surface area contributed by atoms with Crippen molar-refractivity contribution in [2.45, 2.75) is 32.0 Å². The molecule has 1 atom stereocenters. The van der Waals surface area contributed by atoms with Crippen molar-refractivity contribution < 1.29 is 33.6 Å². The summed E-state index contributed by atoms with van der Waals surface area (Å²) in [6.07, 6.45) is -1.52. The van der Waals surface area contributed by atoms with Gasteiger partial charge in [0.25, 0.3) is 0 Å². The summed E-state index contributed by atoms with van der Waals surface area (Å²) in [5.74, 6) is 1.02. The zero-order chi connectivity index (χ0) is 23.3. The molecule has 2 aromatic carbocycles. The highest BCUT2D eigenvalue weighted by Crippen LogP contribution is 2.26. The molecule has 0 aromatic heterocycles. The number of carbonyl (C=O) groups excluding carboxylic acids is 1. The van der Waals surface area contributed by atoms with Gasteiger partial charge in [-0.2, -0.15) is 0 Å². The fourth-order valence-electron chi connectivity index (χ4n) is 3.17. The van der Waals surface area contributed by atoms with Gasteiger partial charge >= 0.3 is 0 Å². The van der Waals surface area contributed by atoms with Gasteiger partial charge in [-0.3, -0.25) is 4.79 Å². The van der Waals surface area contributed by atoms with Crippen LogP contribution in [0.1, 0.15) is 17.5 Å². The van der Waals surface area contributed by atoms with E-state index in [0.717, 1.165) is 11.1 Å². The molecule has 176 valence electrons. The molecule has 0 aliphatic heterocycles. The molecule has 32 heavy (non-hydrogen) atoms. The number of nitrogens with zero attached hydrogens (tertiary/aromatic N) is 1. The van der Waals surface area contributed by atoms with Crippen molar-refractivity contribution in [2.75, 3.05) is 41.6 Å². The molecule has 0 aliphatic rings. The average molecular weight is 448 g/mol. The van der Waals surface area contributed by atoms with Gasteiger partial charge in [-0.15, -0.1) is 0 Å². The lowest BCUT2D eigenvalue weighted by Crippen LogP contribution is -2.40. The summed E-state index contributed by atoms with van der Waals surface area (Å²) in [6, 6.07) is 15.1. The Hall–Kier alpha value is -2.65. The van der Waals surface area contributed by atoms with E-state index in [9.17, 15) is 9.90 Å². The van der Waals surface area contributed by atoms with Crippen molar-refractivity contribution in [3.8, 4) is 11.5 Å². The molecule has 0 unspecified atom stereocenters. The quantitative estimate of drug-likeness (QED) is 0.446. The largest absolute Gasteiger partial charge is 0.497 e. The Bertz CT molecular complexity index is 811. The predicted octanol–water partition coefficient (Wildman–Crippen LogP) is 2.62. The standard InChI is InChI=1S/C24H33NO7/c1-28-21-11-10-19(22(12-21)29-2)14-25(23(27)13-24(30-3)31-4)15-20(26)17-32-16-18-8-6-5-7-9-18/h5-12,20,24,26H,13-17H2,1-4H3/t20-/m0/s1. The van der Waals surface area contributed by atoms with Crippen molar-refractivity contribution in [3.63, 3.8) is 0 Å². The molecule has 8 heteroatoms. The molecule has 0 spiro atoms. The molecule has 2 rings (SSSR count). The maximum Gasteiger partial charge on any atom is 0.228 e. The van der Waals surface area contributed by atoms with Crippen LogP contribution in [0.25, 0.3) is 0 Å². The summed E-state index contributed by atoms with van der Waals surface area (Å²) in [7, 11) is 6.09. The van der Waals surface area contributed by atoms with Crippen LogP contribution in [-0.2, 0) is 32.2 Å². The fraction of sp³-hybridized carbons (Fsp3) is 0.458. The van der Waals surface area contributed by atoms with Crippen LogP contribution in [0.5, 0.6) is 11.5 Å². The molecule has 0 saturated carbocycles. The first-order valence-electron chi connectivity index (χ1n) is 10.3. The van der Waals surface area contributed by atoms with Gasteiger partial charge in [0.05, 0.1) is 40.0 Å². The van der Waals surface area contributed by atoms with Gasteiger partial charge < -0.3 is 33.7 Å². The van der Waals surface area contributed by atoms with Crippen LogP contribution in [0.2, 0.25) is 0 Å². The van der Waals surface area contributed by atoms with E-state index < -0.39 is 12.4 Å². The highest BCUT2D eigenvalue weighted by atomic mass is 16.7. The van der Waals surface area contributed by atoms with Crippen LogP contribution in [0, 0.1) is 0 Å². The highest BCUT2D eigenvalue weighted by Gasteiger charge is 2.23. The lowest BCUT2D eigenvalue weighted by atomic mass is 10.1.